The molecule has 16 heavy (non-hydrogen) atoms. The number of carbonyl (C=O) groups is 1. The molecule has 0 spiro atoms. The summed E-state index contributed by atoms with van der Waals surface area (Å²) >= 11 is 1.74. The van der Waals surface area contributed by atoms with E-state index in [0.717, 1.165) is 6.07 Å². The molecule has 2 nitrogen and oxygen atoms in total. The van der Waals surface area contributed by atoms with Crippen LogP contribution >= 0.6 is 22.6 Å². The van der Waals surface area contributed by atoms with Gasteiger partial charge in [0.1, 0.15) is 11.6 Å². The minimum atomic E-state index is -0.810. The minimum Gasteiger partial charge on any atom is -0.339 e. The van der Waals surface area contributed by atoms with Gasteiger partial charge in [0.25, 0.3) is 5.91 Å². The highest BCUT2D eigenvalue weighted by atomic mass is 127. The van der Waals surface area contributed by atoms with Gasteiger partial charge in [-0.05, 0) is 42.5 Å². The van der Waals surface area contributed by atoms with Crippen molar-refractivity contribution in [2.24, 2.45) is 0 Å². The Labute approximate surface area is 107 Å². The van der Waals surface area contributed by atoms with Crippen LogP contribution < -0.4 is 0 Å². The van der Waals surface area contributed by atoms with Crippen LogP contribution in [0.4, 0.5) is 8.78 Å². The number of hydrogen-bond acceptors (Lipinski definition) is 1. The first kappa shape index (κ1) is 13.3. The van der Waals surface area contributed by atoms with Gasteiger partial charge >= 0.3 is 0 Å². The molecule has 0 bridgehead atoms. The molecule has 0 aliphatic heterocycles. The van der Waals surface area contributed by atoms with E-state index in [0.29, 0.717) is 13.1 Å². The van der Waals surface area contributed by atoms with Gasteiger partial charge < -0.3 is 4.90 Å². The monoisotopic (exact) mass is 339 g/mol. The van der Waals surface area contributed by atoms with Crippen molar-refractivity contribution < 1.29 is 13.6 Å². The third-order valence-corrected chi connectivity index (χ3v) is 3.12. The van der Waals surface area contributed by atoms with Gasteiger partial charge in [0, 0.05) is 22.7 Å². The number of hydrogen-bond donors (Lipinski definition) is 0. The highest BCUT2D eigenvalue weighted by Crippen LogP contribution is 2.18. The number of amides is 1. The van der Waals surface area contributed by atoms with E-state index in [9.17, 15) is 13.6 Å². The standard InChI is InChI=1S/C11H12F2INO/c1-3-15(4-2)11(16)7-5-10(14)9(13)6-8(7)12/h5-6H,3-4H2,1-2H3. The summed E-state index contributed by atoms with van der Waals surface area (Å²) in [4.78, 5) is 13.3. The third kappa shape index (κ3) is 2.69. The van der Waals surface area contributed by atoms with Gasteiger partial charge in [0.05, 0.1) is 5.56 Å². The van der Waals surface area contributed by atoms with Crippen LogP contribution in [0.15, 0.2) is 12.1 Å². The predicted molar refractivity (Wildman–Crippen MR) is 66.3 cm³/mol. The highest BCUT2D eigenvalue weighted by molar-refractivity contribution is 14.1. The third-order valence-electron chi connectivity index (χ3n) is 2.29. The molecule has 88 valence electrons. The molecular formula is C11H12F2INO. The van der Waals surface area contributed by atoms with E-state index < -0.39 is 17.5 Å². The number of benzene rings is 1. The van der Waals surface area contributed by atoms with Gasteiger partial charge in [-0.25, -0.2) is 8.78 Å². The Morgan fingerprint density at radius 1 is 1.25 bits per heavy atom. The lowest BCUT2D eigenvalue weighted by atomic mass is 10.2. The van der Waals surface area contributed by atoms with Crippen molar-refractivity contribution in [1.29, 1.82) is 0 Å². The first-order chi connectivity index (χ1) is 7.51. The highest BCUT2D eigenvalue weighted by Gasteiger charge is 2.18. The quantitative estimate of drug-likeness (QED) is 0.612. The van der Waals surface area contributed by atoms with E-state index in [4.69, 9.17) is 0 Å². The molecule has 5 heteroatoms. The van der Waals surface area contributed by atoms with Gasteiger partial charge in [0.15, 0.2) is 0 Å². The lowest BCUT2D eigenvalue weighted by Gasteiger charge is -2.19. The van der Waals surface area contributed by atoms with E-state index in [1.54, 1.807) is 22.6 Å². The Kier molecular flexibility index (Phi) is 4.64. The number of halogens is 3. The van der Waals surface area contributed by atoms with Crippen LogP contribution in [0.1, 0.15) is 24.2 Å². The maximum absolute atomic E-state index is 13.4. The topological polar surface area (TPSA) is 20.3 Å². The lowest BCUT2D eigenvalue weighted by molar-refractivity contribution is 0.0768. The van der Waals surface area contributed by atoms with Crippen molar-refractivity contribution in [3.8, 4) is 0 Å². The van der Waals surface area contributed by atoms with Crippen LogP contribution in [0.3, 0.4) is 0 Å². The van der Waals surface area contributed by atoms with Gasteiger partial charge in [-0.1, -0.05) is 0 Å². The second-order valence-corrected chi connectivity index (χ2v) is 4.39. The Morgan fingerprint density at radius 2 is 1.81 bits per heavy atom. The van der Waals surface area contributed by atoms with Crippen LogP contribution in [0.5, 0.6) is 0 Å². The van der Waals surface area contributed by atoms with Crippen molar-refractivity contribution in [1.82, 2.24) is 4.90 Å². The maximum atomic E-state index is 13.4. The molecule has 1 rings (SSSR count). The normalized spacial score (nSPS) is 10.3. The van der Waals surface area contributed by atoms with Crippen LogP contribution in [0, 0.1) is 15.2 Å². The summed E-state index contributed by atoms with van der Waals surface area (Å²) in [6.07, 6.45) is 0. The number of nitrogens with zero attached hydrogens (tertiary/aromatic N) is 1. The smallest absolute Gasteiger partial charge is 0.256 e. The molecule has 0 aliphatic carbocycles. The zero-order valence-electron chi connectivity index (χ0n) is 9.06. The first-order valence-corrected chi connectivity index (χ1v) is 6.02. The summed E-state index contributed by atoms with van der Waals surface area (Å²) in [5.41, 5.74) is -0.0745. The average molecular weight is 339 g/mol. The van der Waals surface area contributed by atoms with E-state index in [1.165, 1.54) is 11.0 Å². The van der Waals surface area contributed by atoms with E-state index in [2.05, 4.69) is 0 Å². The summed E-state index contributed by atoms with van der Waals surface area (Å²) in [6.45, 7) is 4.63. The largest absolute Gasteiger partial charge is 0.339 e. The van der Waals surface area contributed by atoms with Crippen LogP contribution in [0.25, 0.3) is 0 Å². The number of carbonyl (C=O) groups excluding carboxylic acids is 1. The molecule has 0 radical (unpaired) electrons. The SMILES string of the molecule is CCN(CC)C(=O)c1cc(I)c(F)cc1F. The summed E-state index contributed by atoms with van der Waals surface area (Å²) in [7, 11) is 0. The molecule has 0 aromatic heterocycles. The molecule has 0 aliphatic rings. The predicted octanol–water partition coefficient (Wildman–Crippen LogP) is 3.05. The second kappa shape index (κ2) is 5.56. The van der Waals surface area contributed by atoms with Crippen LogP contribution in [0.2, 0.25) is 0 Å². The summed E-state index contributed by atoms with van der Waals surface area (Å²) in [6, 6.07) is 1.99. The van der Waals surface area contributed by atoms with Crippen molar-refractivity contribution >= 4 is 28.5 Å². The fourth-order valence-electron chi connectivity index (χ4n) is 1.37. The molecule has 1 amide bonds. The van der Waals surface area contributed by atoms with Crippen molar-refractivity contribution in [2.45, 2.75) is 13.8 Å². The molecule has 1 aromatic rings. The molecule has 0 saturated carbocycles. The fraction of sp³-hybridized carbons (Fsp3) is 0.364. The molecule has 0 N–H and O–H groups in total. The zero-order chi connectivity index (χ0) is 12.3. The molecule has 0 unspecified atom stereocenters. The van der Waals surface area contributed by atoms with Crippen molar-refractivity contribution in [3.05, 3.63) is 32.9 Å². The Bertz CT molecular complexity index is 405. The minimum absolute atomic E-state index is 0.0745. The number of rotatable bonds is 3. The zero-order valence-corrected chi connectivity index (χ0v) is 11.2. The Morgan fingerprint density at radius 3 is 2.31 bits per heavy atom. The Hall–Kier alpha value is -0.720. The van der Waals surface area contributed by atoms with Gasteiger partial charge in [-0.15, -0.1) is 0 Å². The molecule has 1 aromatic carbocycles. The molecule has 0 saturated heterocycles. The molecule has 0 heterocycles. The maximum Gasteiger partial charge on any atom is 0.256 e. The van der Waals surface area contributed by atoms with Crippen LogP contribution in [-0.2, 0) is 0 Å². The molecule has 0 atom stereocenters. The van der Waals surface area contributed by atoms with Gasteiger partial charge in [-0.2, -0.15) is 0 Å². The average Bonchev–Trinajstić information content (AvgIpc) is 2.25. The molecule has 0 fully saturated rings. The summed E-state index contributed by atoms with van der Waals surface area (Å²) in [5, 5.41) is 0. The fourth-order valence-corrected chi connectivity index (χ4v) is 1.83. The Balaban J connectivity index is 3.13. The first-order valence-electron chi connectivity index (χ1n) is 4.95. The molecular weight excluding hydrogens is 327 g/mol. The second-order valence-electron chi connectivity index (χ2n) is 3.22. The van der Waals surface area contributed by atoms with E-state index >= 15 is 0 Å². The van der Waals surface area contributed by atoms with E-state index in [1.807, 2.05) is 13.8 Å². The van der Waals surface area contributed by atoms with Crippen molar-refractivity contribution in [3.63, 3.8) is 0 Å². The summed E-state index contributed by atoms with van der Waals surface area (Å²) < 4.78 is 26.7. The van der Waals surface area contributed by atoms with Gasteiger partial charge in [0.2, 0.25) is 0 Å². The van der Waals surface area contributed by atoms with Crippen LogP contribution in [-0.4, -0.2) is 23.9 Å². The van der Waals surface area contributed by atoms with E-state index in [-0.39, 0.29) is 9.13 Å². The lowest BCUT2D eigenvalue weighted by Crippen LogP contribution is -2.31. The van der Waals surface area contributed by atoms with Gasteiger partial charge in [-0.3, -0.25) is 4.79 Å². The summed E-state index contributed by atoms with van der Waals surface area (Å²) in [5.74, 6) is -1.86. The van der Waals surface area contributed by atoms with Crippen molar-refractivity contribution in [2.75, 3.05) is 13.1 Å².